The first-order chi connectivity index (χ1) is 15.4. The molecular formula is C24H22ClN3O4. The summed E-state index contributed by atoms with van der Waals surface area (Å²) >= 11 is 6.20. The third kappa shape index (κ3) is 3.38. The molecule has 0 aliphatic carbocycles. The number of halogens is 1. The van der Waals surface area contributed by atoms with Crippen LogP contribution in [0, 0.1) is 11.8 Å². The minimum absolute atomic E-state index is 0.137. The van der Waals surface area contributed by atoms with Crippen LogP contribution in [0.2, 0.25) is 5.02 Å². The predicted molar refractivity (Wildman–Crippen MR) is 120 cm³/mol. The van der Waals surface area contributed by atoms with E-state index in [0.717, 1.165) is 5.56 Å². The highest BCUT2D eigenvalue weighted by atomic mass is 35.5. The maximum atomic E-state index is 13.4. The molecule has 2 aromatic rings. The quantitative estimate of drug-likeness (QED) is 0.684. The van der Waals surface area contributed by atoms with Crippen molar-refractivity contribution in [3.8, 4) is 0 Å². The van der Waals surface area contributed by atoms with Gasteiger partial charge in [0.1, 0.15) is 5.60 Å². The van der Waals surface area contributed by atoms with Crippen molar-refractivity contribution >= 4 is 40.7 Å². The van der Waals surface area contributed by atoms with Crippen LogP contribution in [0.4, 0.5) is 11.4 Å². The molecule has 2 saturated heterocycles. The third-order valence-electron chi connectivity index (χ3n) is 6.31. The van der Waals surface area contributed by atoms with Crippen LogP contribution < -0.4 is 15.5 Å². The highest BCUT2D eigenvalue weighted by Gasteiger charge is 2.67. The zero-order valence-corrected chi connectivity index (χ0v) is 18.1. The number of nitrogens with zero attached hydrogens (tertiary/aromatic N) is 1. The van der Waals surface area contributed by atoms with Gasteiger partial charge in [0.05, 0.1) is 24.5 Å². The first-order valence-electron chi connectivity index (χ1n) is 10.5. The zero-order chi connectivity index (χ0) is 22.5. The Labute approximate surface area is 190 Å². The van der Waals surface area contributed by atoms with Gasteiger partial charge in [-0.25, -0.2) is 0 Å². The first-order valence-corrected chi connectivity index (χ1v) is 10.8. The van der Waals surface area contributed by atoms with Crippen LogP contribution in [0.25, 0.3) is 0 Å². The van der Waals surface area contributed by atoms with Crippen molar-refractivity contribution in [3.05, 3.63) is 71.3 Å². The maximum Gasteiger partial charge on any atom is 0.234 e. The summed E-state index contributed by atoms with van der Waals surface area (Å²) in [5, 5.41) is 6.22. The van der Waals surface area contributed by atoms with E-state index < -0.39 is 23.5 Å². The molecule has 32 heavy (non-hydrogen) atoms. The van der Waals surface area contributed by atoms with Gasteiger partial charge in [0.15, 0.2) is 0 Å². The van der Waals surface area contributed by atoms with Crippen LogP contribution in [0.1, 0.15) is 12.5 Å². The van der Waals surface area contributed by atoms with Gasteiger partial charge in [-0.05, 0) is 35.9 Å². The summed E-state index contributed by atoms with van der Waals surface area (Å²) in [6.45, 7) is 2.07. The van der Waals surface area contributed by atoms with Crippen molar-refractivity contribution in [1.82, 2.24) is 5.32 Å². The molecule has 2 aromatic carbocycles. The molecule has 2 N–H and O–H groups in total. The Kier molecular flexibility index (Phi) is 5.03. The van der Waals surface area contributed by atoms with Gasteiger partial charge in [-0.1, -0.05) is 42.0 Å². The number of nitrogens with one attached hydrogen (secondary N) is 2. The Bertz CT molecular complexity index is 1130. The second-order valence-corrected chi connectivity index (χ2v) is 8.77. The molecule has 164 valence electrons. The smallest absolute Gasteiger partial charge is 0.234 e. The van der Waals surface area contributed by atoms with Gasteiger partial charge < -0.3 is 20.3 Å². The number of hydrogen-bond acceptors (Lipinski definition) is 4. The number of carbonyl (C=O) groups excluding carboxylic acids is 3. The molecule has 1 spiro atoms. The van der Waals surface area contributed by atoms with E-state index in [1.807, 2.05) is 30.4 Å². The second-order valence-electron chi connectivity index (χ2n) is 8.36. The monoisotopic (exact) mass is 451 g/mol. The van der Waals surface area contributed by atoms with Crippen LogP contribution in [0.5, 0.6) is 0 Å². The minimum atomic E-state index is -0.801. The fourth-order valence-electron chi connectivity index (χ4n) is 4.89. The van der Waals surface area contributed by atoms with Gasteiger partial charge in [-0.3, -0.25) is 14.4 Å². The van der Waals surface area contributed by atoms with E-state index in [4.69, 9.17) is 16.3 Å². The molecule has 3 aliphatic heterocycles. The fourth-order valence-corrected chi connectivity index (χ4v) is 5.09. The van der Waals surface area contributed by atoms with Crippen LogP contribution in [-0.2, 0) is 25.7 Å². The largest absolute Gasteiger partial charge is 0.360 e. The lowest BCUT2D eigenvalue weighted by Crippen LogP contribution is -2.44. The Morgan fingerprint density at radius 1 is 1.19 bits per heavy atom. The molecule has 4 atom stereocenters. The number of hydrogen-bond donors (Lipinski definition) is 2. The van der Waals surface area contributed by atoms with Crippen molar-refractivity contribution in [2.45, 2.75) is 25.2 Å². The molecule has 8 heteroatoms. The fraction of sp³-hybridized carbons (Fsp3) is 0.292. The molecule has 0 saturated carbocycles. The van der Waals surface area contributed by atoms with Gasteiger partial charge in [-0.15, -0.1) is 0 Å². The van der Waals surface area contributed by atoms with E-state index >= 15 is 0 Å². The third-order valence-corrected chi connectivity index (χ3v) is 6.68. The van der Waals surface area contributed by atoms with Crippen molar-refractivity contribution < 1.29 is 19.1 Å². The topological polar surface area (TPSA) is 87.7 Å². The number of rotatable bonds is 5. The van der Waals surface area contributed by atoms with Gasteiger partial charge in [0, 0.05) is 29.9 Å². The van der Waals surface area contributed by atoms with E-state index in [0.29, 0.717) is 22.9 Å². The van der Waals surface area contributed by atoms with Gasteiger partial charge >= 0.3 is 0 Å². The average Bonchev–Trinajstić information content (AvgIpc) is 3.41. The molecule has 3 heterocycles. The molecule has 2 fully saturated rings. The van der Waals surface area contributed by atoms with Crippen molar-refractivity contribution in [1.29, 1.82) is 0 Å². The number of fused-ring (bicyclic) bond motifs is 1. The SMILES string of the molecule is CC(=O)Nc1ccc(N2C[C@]34C=C[C@@H](O3)[C@@H](C(=O)NCc3ccccc3Cl)[C@@H]4C2=O)cc1. The lowest BCUT2D eigenvalue weighted by atomic mass is 9.77. The second kappa shape index (κ2) is 7.76. The lowest BCUT2D eigenvalue weighted by molar-refractivity contribution is -0.132. The van der Waals surface area contributed by atoms with E-state index in [9.17, 15) is 14.4 Å². The number of carbonyl (C=O) groups is 3. The van der Waals surface area contributed by atoms with E-state index in [-0.39, 0.29) is 24.3 Å². The van der Waals surface area contributed by atoms with Crippen molar-refractivity contribution in [2.24, 2.45) is 11.8 Å². The van der Waals surface area contributed by atoms with Crippen molar-refractivity contribution in [2.75, 3.05) is 16.8 Å². The summed E-state index contributed by atoms with van der Waals surface area (Å²) in [6, 6.07) is 14.4. The molecule has 7 nitrogen and oxygen atoms in total. The van der Waals surface area contributed by atoms with Crippen molar-refractivity contribution in [3.63, 3.8) is 0 Å². The van der Waals surface area contributed by atoms with Gasteiger partial charge in [0.2, 0.25) is 17.7 Å². The summed E-state index contributed by atoms with van der Waals surface area (Å²) in [7, 11) is 0. The maximum absolute atomic E-state index is 13.4. The Balaban J connectivity index is 1.34. The highest BCUT2D eigenvalue weighted by molar-refractivity contribution is 6.31. The summed E-state index contributed by atoms with van der Waals surface area (Å²) in [4.78, 5) is 39.4. The Hall–Kier alpha value is -3.16. The van der Waals surface area contributed by atoms with E-state index in [2.05, 4.69) is 10.6 Å². The molecule has 3 amide bonds. The van der Waals surface area contributed by atoms with E-state index in [1.54, 1.807) is 35.2 Å². The lowest BCUT2D eigenvalue weighted by Gasteiger charge is -2.23. The summed E-state index contributed by atoms with van der Waals surface area (Å²) < 4.78 is 6.17. The molecule has 5 rings (SSSR count). The number of anilines is 2. The molecule has 0 aromatic heterocycles. The molecule has 0 unspecified atom stereocenters. The Morgan fingerprint density at radius 3 is 2.66 bits per heavy atom. The Morgan fingerprint density at radius 2 is 1.94 bits per heavy atom. The van der Waals surface area contributed by atoms with Crippen LogP contribution in [0.3, 0.4) is 0 Å². The standard InChI is InChI=1S/C24H22ClN3O4/c1-14(29)27-16-6-8-17(9-7-16)28-13-24-11-10-19(32-24)20(21(24)23(28)31)22(30)26-12-15-4-2-3-5-18(15)25/h2-11,19-21H,12-13H2,1H3,(H,26,30)(H,27,29)/t19-,20-,21-,24+/m1/s1. The van der Waals surface area contributed by atoms with Crippen LogP contribution in [0.15, 0.2) is 60.7 Å². The molecule has 0 radical (unpaired) electrons. The van der Waals surface area contributed by atoms with Gasteiger partial charge in [-0.2, -0.15) is 0 Å². The highest BCUT2D eigenvalue weighted by Crippen LogP contribution is 2.52. The van der Waals surface area contributed by atoms with Crippen LogP contribution in [-0.4, -0.2) is 36.0 Å². The van der Waals surface area contributed by atoms with Gasteiger partial charge in [0.25, 0.3) is 0 Å². The molecule has 3 aliphatic rings. The average molecular weight is 452 g/mol. The number of amides is 3. The first kappa shape index (κ1) is 20.7. The summed E-state index contributed by atoms with van der Waals surface area (Å²) in [6.07, 6.45) is 3.39. The van der Waals surface area contributed by atoms with E-state index in [1.165, 1.54) is 6.92 Å². The molecule has 2 bridgehead atoms. The predicted octanol–water partition coefficient (Wildman–Crippen LogP) is 2.90. The number of benzene rings is 2. The normalized spacial score (nSPS) is 27.5. The zero-order valence-electron chi connectivity index (χ0n) is 17.4. The van der Waals surface area contributed by atoms with Crippen LogP contribution >= 0.6 is 11.6 Å². The molecular weight excluding hydrogens is 430 g/mol. The summed E-state index contributed by atoms with van der Waals surface area (Å²) in [5.41, 5.74) is 1.36. The minimum Gasteiger partial charge on any atom is -0.360 e. The summed E-state index contributed by atoms with van der Waals surface area (Å²) in [5.74, 6) is -1.70. The number of ether oxygens (including phenoxy) is 1.